The Balaban J connectivity index is 2.71. The molecule has 96 valence electrons. The fraction of sp³-hybridized carbons (Fsp3) is 0.692. The van der Waals surface area contributed by atoms with Crippen LogP contribution in [-0.2, 0) is 13.1 Å². The van der Waals surface area contributed by atoms with Gasteiger partial charge >= 0.3 is 0 Å². The van der Waals surface area contributed by atoms with Crippen molar-refractivity contribution in [2.24, 2.45) is 5.92 Å². The van der Waals surface area contributed by atoms with Gasteiger partial charge in [0, 0.05) is 25.2 Å². The van der Waals surface area contributed by atoms with Crippen molar-refractivity contribution in [2.75, 3.05) is 0 Å². The first-order valence-electron chi connectivity index (χ1n) is 6.33. The van der Waals surface area contributed by atoms with E-state index in [0.717, 1.165) is 12.1 Å². The summed E-state index contributed by atoms with van der Waals surface area (Å²) >= 11 is 0. The van der Waals surface area contributed by atoms with E-state index in [2.05, 4.69) is 38.1 Å². The normalized spacial score (nSPS) is 13.0. The van der Waals surface area contributed by atoms with Crippen molar-refractivity contribution in [3.05, 3.63) is 28.2 Å². The SMILES string of the molecule is CCC(C)NCc1ccc(=O)n(CC(C)C)n1. The second-order valence-corrected chi connectivity index (χ2v) is 4.93. The van der Waals surface area contributed by atoms with Gasteiger partial charge in [-0.1, -0.05) is 20.8 Å². The Kier molecular flexibility index (Phi) is 5.35. The van der Waals surface area contributed by atoms with Crippen molar-refractivity contribution in [3.63, 3.8) is 0 Å². The highest BCUT2D eigenvalue weighted by molar-refractivity contribution is 5.00. The zero-order chi connectivity index (χ0) is 12.8. The molecule has 0 saturated heterocycles. The third kappa shape index (κ3) is 4.69. The van der Waals surface area contributed by atoms with Crippen molar-refractivity contribution >= 4 is 0 Å². The molecule has 1 rings (SSSR count). The van der Waals surface area contributed by atoms with Crippen LogP contribution in [0.4, 0.5) is 0 Å². The minimum absolute atomic E-state index is 0.0222. The Morgan fingerprint density at radius 1 is 1.35 bits per heavy atom. The van der Waals surface area contributed by atoms with E-state index < -0.39 is 0 Å². The van der Waals surface area contributed by atoms with E-state index in [9.17, 15) is 4.79 Å². The summed E-state index contributed by atoms with van der Waals surface area (Å²) in [6, 6.07) is 3.87. The lowest BCUT2D eigenvalue weighted by atomic mass is 10.2. The molecule has 0 aromatic carbocycles. The molecule has 0 fully saturated rings. The Morgan fingerprint density at radius 3 is 2.65 bits per heavy atom. The van der Waals surface area contributed by atoms with Gasteiger partial charge in [0.2, 0.25) is 0 Å². The zero-order valence-corrected chi connectivity index (χ0v) is 11.2. The van der Waals surface area contributed by atoms with Crippen molar-refractivity contribution in [1.82, 2.24) is 15.1 Å². The molecule has 1 aromatic heterocycles. The summed E-state index contributed by atoms with van der Waals surface area (Å²) in [7, 11) is 0. The number of nitrogens with zero attached hydrogens (tertiary/aromatic N) is 2. The molecule has 0 aliphatic carbocycles. The molecule has 1 atom stereocenters. The maximum Gasteiger partial charge on any atom is 0.266 e. The molecule has 0 spiro atoms. The number of aromatic nitrogens is 2. The lowest BCUT2D eigenvalue weighted by Gasteiger charge is -2.12. The average Bonchev–Trinajstić information content (AvgIpc) is 2.29. The van der Waals surface area contributed by atoms with E-state index in [-0.39, 0.29) is 5.56 Å². The molecule has 17 heavy (non-hydrogen) atoms. The first-order chi connectivity index (χ1) is 8.02. The standard InChI is InChI=1S/C13H23N3O/c1-5-11(4)14-8-12-6-7-13(17)16(15-12)9-10(2)3/h6-7,10-11,14H,5,8-9H2,1-4H3. The smallest absolute Gasteiger partial charge is 0.266 e. The zero-order valence-electron chi connectivity index (χ0n) is 11.2. The summed E-state index contributed by atoms with van der Waals surface area (Å²) in [6.07, 6.45) is 1.09. The molecule has 0 aliphatic rings. The lowest BCUT2D eigenvalue weighted by molar-refractivity contribution is 0.449. The predicted molar refractivity (Wildman–Crippen MR) is 69.9 cm³/mol. The molecule has 0 saturated carbocycles. The van der Waals surface area contributed by atoms with Gasteiger partial charge in [-0.05, 0) is 25.3 Å². The van der Waals surface area contributed by atoms with Crippen molar-refractivity contribution in [1.29, 1.82) is 0 Å². The molecule has 0 aliphatic heterocycles. The second-order valence-electron chi connectivity index (χ2n) is 4.93. The highest BCUT2D eigenvalue weighted by atomic mass is 16.1. The van der Waals surface area contributed by atoms with Gasteiger partial charge in [0.05, 0.1) is 5.69 Å². The summed E-state index contributed by atoms with van der Waals surface area (Å²) < 4.78 is 1.55. The van der Waals surface area contributed by atoms with Crippen LogP contribution in [0.1, 0.15) is 39.8 Å². The molecule has 1 unspecified atom stereocenters. The first kappa shape index (κ1) is 13.9. The summed E-state index contributed by atoms with van der Waals surface area (Å²) in [5.41, 5.74) is 0.900. The molecule has 0 bridgehead atoms. The largest absolute Gasteiger partial charge is 0.309 e. The van der Waals surface area contributed by atoms with Gasteiger partial charge in [-0.2, -0.15) is 5.10 Å². The van der Waals surface area contributed by atoms with Crippen LogP contribution < -0.4 is 10.9 Å². The van der Waals surface area contributed by atoms with E-state index in [1.54, 1.807) is 16.8 Å². The third-order valence-electron chi connectivity index (χ3n) is 2.70. The summed E-state index contributed by atoms with van der Waals surface area (Å²) in [4.78, 5) is 11.6. The molecule has 1 aromatic rings. The van der Waals surface area contributed by atoms with E-state index in [1.165, 1.54) is 0 Å². The van der Waals surface area contributed by atoms with Crippen LogP contribution >= 0.6 is 0 Å². The van der Waals surface area contributed by atoms with Crippen LogP contribution in [0.25, 0.3) is 0 Å². The molecule has 1 heterocycles. The molecule has 4 heteroatoms. The van der Waals surface area contributed by atoms with Crippen LogP contribution in [-0.4, -0.2) is 15.8 Å². The number of hydrogen-bond acceptors (Lipinski definition) is 3. The molecule has 4 nitrogen and oxygen atoms in total. The van der Waals surface area contributed by atoms with Crippen LogP contribution in [0.15, 0.2) is 16.9 Å². The predicted octanol–water partition coefficient (Wildman–Crippen LogP) is 1.79. The molecule has 0 amide bonds. The molecule has 1 N–H and O–H groups in total. The number of hydrogen-bond donors (Lipinski definition) is 1. The van der Waals surface area contributed by atoms with Gasteiger partial charge in [0.25, 0.3) is 5.56 Å². The third-order valence-corrected chi connectivity index (χ3v) is 2.70. The maximum atomic E-state index is 11.6. The fourth-order valence-electron chi connectivity index (χ4n) is 1.49. The summed E-state index contributed by atoms with van der Waals surface area (Å²) in [6.45, 7) is 9.84. The highest BCUT2D eigenvalue weighted by Gasteiger charge is 2.04. The van der Waals surface area contributed by atoms with E-state index in [0.29, 0.717) is 25.0 Å². The van der Waals surface area contributed by atoms with Gasteiger partial charge in [-0.3, -0.25) is 4.79 Å². The van der Waals surface area contributed by atoms with Crippen LogP contribution in [0.2, 0.25) is 0 Å². The summed E-state index contributed by atoms with van der Waals surface area (Å²) in [5.74, 6) is 0.429. The quantitative estimate of drug-likeness (QED) is 0.820. The summed E-state index contributed by atoms with van der Waals surface area (Å²) in [5, 5.41) is 7.73. The number of nitrogens with one attached hydrogen (secondary N) is 1. The number of rotatable bonds is 6. The maximum absolute atomic E-state index is 11.6. The van der Waals surface area contributed by atoms with Crippen molar-refractivity contribution < 1.29 is 0 Å². The van der Waals surface area contributed by atoms with Gasteiger partial charge in [-0.25, -0.2) is 4.68 Å². The lowest BCUT2D eigenvalue weighted by Crippen LogP contribution is -2.29. The van der Waals surface area contributed by atoms with Gasteiger partial charge in [-0.15, -0.1) is 0 Å². The van der Waals surface area contributed by atoms with Crippen molar-refractivity contribution in [2.45, 2.75) is 53.2 Å². The van der Waals surface area contributed by atoms with Gasteiger partial charge in [0.15, 0.2) is 0 Å². The molecular formula is C13H23N3O. The Hall–Kier alpha value is -1.16. The highest BCUT2D eigenvalue weighted by Crippen LogP contribution is 1.97. The van der Waals surface area contributed by atoms with E-state index >= 15 is 0 Å². The Bertz CT molecular complexity index is 398. The monoisotopic (exact) mass is 237 g/mol. The van der Waals surface area contributed by atoms with Crippen LogP contribution in [0.3, 0.4) is 0 Å². The minimum atomic E-state index is -0.0222. The molecular weight excluding hydrogens is 214 g/mol. The van der Waals surface area contributed by atoms with Gasteiger partial charge < -0.3 is 5.32 Å². The second kappa shape index (κ2) is 6.55. The van der Waals surface area contributed by atoms with Crippen LogP contribution in [0, 0.1) is 5.92 Å². The van der Waals surface area contributed by atoms with Crippen LogP contribution in [0.5, 0.6) is 0 Å². The van der Waals surface area contributed by atoms with Gasteiger partial charge in [0.1, 0.15) is 0 Å². The first-order valence-corrected chi connectivity index (χ1v) is 6.33. The van der Waals surface area contributed by atoms with E-state index in [1.807, 2.05) is 0 Å². The molecule has 0 radical (unpaired) electrons. The fourth-order valence-corrected chi connectivity index (χ4v) is 1.49. The average molecular weight is 237 g/mol. The topological polar surface area (TPSA) is 46.9 Å². The van der Waals surface area contributed by atoms with Crippen molar-refractivity contribution in [3.8, 4) is 0 Å². The Morgan fingerprint density at radius 2 is 2.06 bits per heavy atom. The Labute approximate surface area is 103 Å². The minimum Gasteiger partial charge on any atom is -0.309 e. The van der Waals surface area contributed by atoms with E-state index in [4.69, 9.17) is 0 Å².